The lowest BCUT2D eigenvalue weighted by Gasteiger charge is -2.07. The Balaban J connectivity index is 2.28. The molecule has 0 bridgehead atoms. The molecule has 1 aromatic heterocycles. The molecule has 0 spiro atoms. The molecule has 0 unspecified atom stereocenters. The molecule has 0 fully saturated rings. The first-order valence-electron chi connectivity index (χ1n) is 6.80. The number of fused-ring (bicyclic) bond motifs is 1. The maximum atomic E-state index is 11.0. The van der Waals surface area contributed by atoms with E-state index in [1.54, 1.807) is 0 Å². The van der Waals surface area contributed by atoms with Gasteiger partial charge in [-0.15, -0.1) is 0 Å². The van der Waals surface area contributed by atoms with Gasteiger partial charge in [-0.25, -0.2) is 0 Å². The summed E-state index contributed by atoms with van der Waals surface area (Å²) in [6.07, 6.45) is 9.18. The van der Waals surface area contributed by atoms with Gasteiger partial charge in [0.1, 0.15) is 0 Å². The molecule has 96 valence electrons. The lowest BCUT2D eigenvalue weighted by atomic mass is 10.0. The Bertz CT molecular complexity index is 539. The van der Waals surface area contributed by atoms with Crippen LogP contribution in [-0.2, 0) is 13.5 Å². The molecule has 2 rings (SSSR count). The number of aryl methyl sites for hydroxylation is 2. The summed E-state index contributed by atoms with van der Waals surface area (Å²) >= 11 is 0. The predicted molar refractivity (Wildman–Crippen MR) is 76.2 cm³/mol. The minimum Gasteiger partial charge on any atom is -0.350 e. The van der Waals surface area contributed by atoms with Crippen LogP contribution in [0.3, 0.4) is 0 Å². The van der Waals surface area contributed by atoms with Crippen LogP contribution < -0.4 is 0 Å². The second kappa shape index (κ2) is 5.85. The van der Waals surface area contributed by atoms with Crippen LogP contribution in [0.1, 0.15) is 48.5 Å². The van der Waals surface area contributed by atoms with E-state index in [1.165, 1.54) is 36.8 Å². The fraction of sp³-hybridized carbons (Fsp3) is 0.438. The summed E-state index contributed by atoms with van der Waals surface area (Å²) in [5, 5.41) is 1.08. The van der Waals surface area contributed by atoms with Gasteiger partial charge in [0.2, 0.25) is 0 Å². The monoisotopic (exact) mass is 243 g/mol. The highest BCUT2D eigenvalue weighted by atomic mass is 16.1. The van der Waals surface area contributed by atoms with Gasteiger partial charge < -0.3 is 4.57 Å². The van der Waals surface area contributed by atoms with E-state index < -0.39 is 0 Å². The van der Waals surface area contributed by atoms with Crippen LogP contribution in [0, 0.1) is 0 Å². The van der Waals surface area contributed by atoms with E-state index >= 15 is 0 Å². The zero-order chi connectivity index (χ0) is 13.0. The van der Waals surface area contributed by atoms with Crippen LogP contribution in [0.25, 0.3) is 10.9 Å². The topological polar surface area (TPSA) is 22.0 Å². The Hall–Kier alpha value is -1.57. The Morgan fingerprint density at radius 1 is 1.17 bits per heavy atom. The van der Waals surface area contributed by atoms with Crippen molar-refractivity contribution in [3.8, 4) is 0 Å². The van der Waals surface area contributed by atoms with E-state index in [1.807, 2.05) is 25.4 Å². The summed E-state index contributed by atoms with van der Waals surface area (Å²) in [4.78, 5) is 11.0. The van der Waals surface area contributed by atoms with Crippen LogP contribution in [0.4, 0.5) is 0 Å². The van der Waals surface area contributed by atoms with Gasteiger partial charge in [-0.1, -0.05) is 38.3 Å². The molecule has 1 aromatic carbocycles. The van der Waals surface area contributed by atoms with Gasteiger partial charge in [-0.3, -0.25) is 4.79 Å². The number of carbonyl (C=O) groups is 1. The summed E-state index contributed by atoms with van der Waals surface area (Å²) in [5.74, 6) is 0. The number of aldehydes is 1. The van der Waals surface area contributed by atoms with Crippen molar-refractivity contribution in [3.05, 3.63) is 35.5 Å². The highest BCUT2D eigenvalue weighted by Gasteiger charge is 2.08. The molecule has 18 heavy (non-hydrogen) atoms. The predicted octanol–water partition coefficient (Wildman–Crippen LogP) is 4.11. The molecule has 0 radical (unpaired) electrons. The van der Waals surface area contributed by atoms with Gasteiger partial charge in [0.25, 0.3) is 0 Å². The van der Waals surface area contributed by atoms with Crippen molar-refractivity contribution in [2.45, 2.75) is 39.0 Å². The number of hydrogen-bond acceptors (Lipinski definition) is 1. The van der Waals surface area contributed by atoms with Crippen LogP contribution in [0.5, 0.6) is 0 Å². The third-order valence-electron chi connectivity index (χ3n) is 3.58. The van der Waals surface area contributed by atoms with Crippen molar-refractivity contribution in [1.29, 1.82) is 0 Å². The maximum absolute atomic E-state index is 11.0. The number of hydrogen-bond donors (Lipinski definition) is 0. The average molecular weight is 243 g/mol. The Labute approximate surface area is 109 Å². The maximum Gasteiger partial charge on any atom is 0.150 e. The third kappa shape index (κ3) is 2.47. The minimum absolute atomic E-state index is 0.794. The molecule has 0 saturated carbocycles. The Morgan fingerprint density at radius 3 is 2.72 bits per heavy atom. The second-order valence-corrected chi connectivity index (χ2v) is 4.93. The van der Waals surface area contributed by atoms with Crippen LogP contribution >= 0.6 is 0 Å². The summed E-state index contributed by atoms with van der Waals surface area (Å²) in [5.41, 5.74) is 3.37. The number of benzene rings is 1. The quantitative estimate of drug-likeness (QED) is 0.552. The summed E-state index contributed by atoms with van der Waals surface area (Å²) in [7, 11) is 2.05. The SMILES string of the molecule is CCCCCCc1ccc(C=O)c2ccn(C)c12. The fourth-order valence-electron chi connectivity index (χ4n) is 2.57. The van der Waals surface area contributed by atoms with Gasteiger partial charge in [0.15, 0.2) is 6.29 Å². The molecule has 0 aliphatic rings. The highest BCUT2D eigenvalue weighted by Crippen LogP contribution is 2.24. The highest BCUT2D eigenvalue weighted by molar-refractivity contribution is 5.98. The van der Waals surface area contributed by atoms with E-state index in [0.717, 1.165) is 23.7 Å². The van der Waals surface area contributed by atoms with Crippen molar-refractivity contribution >= 4 is 17.2 Å². The number of unbranched alkanes of at least 4 members (excludes halogenated alkanes) is 3. The van der Waals surface area contributed by atoms with E-state index in [2.05, 4.69) is 17.6 Å². The van der Waals surface area contributed by atoms with Crippen molar-refractivity contribution in [2.75, 3.05) is 0 Å². The number of carbonyl (C=O) groups excluding carboxylic acids is 1. The lowest BCUT2D eigenvalue weighted by Crippen LogP contribution is -1.95. The van der Waals surface area contributed by atoms with Crippen LogP contribution in [0.15, 0.2) is 24.4 Å². The Morgan fingerprint density at radius 2 is 2.00 bits per heavy atom. The molecular formula is C16H21NO. The van der Waals surface area contributed by atoms with Gasteiger partial charge >= 0.3 is 0 Å². The fourth-order valence-corrected chi connectivity index (χ4v) is 2.57. The minimum atomic E-state index is 0.794. The smallest absolute Gasteiger partial charge is 0.150 e. The average Bonchev–Trinajstić information content (AvgIpc) is 2.78. The lowest BCUT2D eigenvalue weighted by molar-refractivity contribution is 0.112. The summed E-state index contributed by atoms with van der Waals surface area (Å²) < 4.78 is 2.12. The van der Waals surface area contributed by atoms with Crippen molar-refractivity contribution in [3.63, 3.8) is 0 Å². The van der Waals surface area contributed by atoms with E-state index in [4.69, 9.17) is 0 Å². The van der Waals surface area contributed by atoms with Crippen molar-refractivity contribution in [1.82, 2.24) is 4.57 Å². The molecule has 0 aliphatic heterocycles. The molecular weight excluding hydrogens is 222 g/mol. The van der Waals surface area contributed by atoms with E-state index in [0.29, 0.717) is 0 Å². The van der Waals surface area contributed by atoms with Crippen molar-refractivity contribution in [2.24, 2.45) is 7.05 Å². The summed E-state index contributed by atoms with van der Waals surface area (Å²) in [6.45, 7) is 2.23. The van der Waals surface area contributed by atoms with Crippen molar-refractivity contribution < 1.29 is 4.79 Å². The Kier molecular flexibility index (Phi) is 4.19. The number of aromatic nitrogens is 1. The zero-order valence-electron chi connectivity index (χ0n) is 11.3. The molecule has 2 aromatic rings. The number of nitrogens with zero attached hydrogens (tertiary/aromatic N) is 1. The zero-order valence-corrected chi connectivity index (χ0v) is 11.3. The molecule has 0 aliphatic carbocycles. The van der Waals surface area contributed by atoms with Gasteiger partial charge in [-0.2, -0.15) is 0 Å². The molecule has 0 amide bonds. The van der Waals surface area contributed by atoms with E-state index in [9.17, 15) is 4.79 Å². The normalized spacial score (nSPS) is 11.0. The molecule has 2 nitrogen and oxygen atoms in total. The molecule has 0 atom stereocenters. The number of rotatable bonds is 6. The molecule has 0 saturated heterocycles. The van der Waals surface area contributed by atoms with Gasteiger partial charge in [0, 0.05) is 24.2 Å². The third-order valence-corrected chi connectivity index (χ3v) is 3.58. The largest absolute Gasteiger partial charge is 0.350 e. The summed E-state index contributed by atoms with van der Waals surface area (Å²) in [6, 6.07) is 6.09. The van der Waals surface area contributed by atoms with Gasteiger partial charge in [0.05, 0.1) is 5.52 Å². The first kappa shape index (κ1) is 12.9. The first-order chi connectivity index (χ1) is 8.77. The van der Waals surface area contributed by atoms with Crippen LogP contribution in [-0.4, -0.2) is 10.9 Å². The molecule has 1 heterocycles. The van der Waals surface area contributed by atoms with Crippen LogP contribution in [0.2, 0.25) is 0 Å². The second-order valence-electron chi connectivity index (χ2n) is 4.93. The standard InChI is InChI=1S/C16H21NO/c1-3-4-5-6-7-13-8-9-14(12-18)15-10-11-17(2)16(13)15/h8-12H,3-7H2,1-2H3. The van der Waals surface area contributed by atoms with E-state index in [-0.39, 0.29) is 0 Å². The molecule has 2 heteroatoms. The first-order valence-corrected chi connectivity index (χ1v) is 6.80. The van der Waals surface area contributed by atoms with Gasteiger partial charge in [-0.05, 0) is 24.5 Å². The molecule has 0 N–H and O–H groups in total.